The molecule has 0 aliphatic heterocycles. The molecule has 0 aliphatic rings. The van der Waals surface area contributed by atoms with E-state index >= 15 is 0 Å². The van der Waals surface area contributed by atoms with Gasteiger partial charge in [0.2, 0.25) is 0 Å². The van der Waals surface area contributed by atoms with E-state index in [1.807, 2.05) is 6.08 Å². The summed E-state index contributed by atoms with van der Waals surface area (Å²) in [4.78, 5) is 22.1. The average molecular weight is 369 g/mol. The fourth-order valence-electron chi connectivity index (χ4n) is 2.59. The van der Waals surface area contributed by atoms with Gasteiger partial charge in [-0.3, -0.25) is 9.28 Å². The van der Waals surface area contributed by atoms with Crippen molar-refractivity contribution in [2.24, 2.45) is 11.8 Å². The predicted molar refractivity (Wildman–Crippen MR) is 86.0 cm³/mol. The Kier molecular flexibility index (Phi) is 15.9. The van der Waals surface area contributed by atoms with Crippen molar-refractivity contribution in [3.8, 4) is 0 Å². The summed E-state index contributed by atoms with van der Waals surface area (Å²) in [6, 6.07) is 0. The van der Waals surface area contributed by atoms with Crippen LogP contribution in [-0.4, -0.2) is 46.5 Å². The molecule has 6 nitrogen and oxygen atoms in total. The summed E-state index contributed by atoms with van der Waals surface area (Å²) < 4.78 is -0.0730. The van der Waals surface area contributed by atoms with Crippen molar-refractivity contribution in [1.82, 2.24) is 0 Å². The van der Waals surface area contributed by atoms with Gasteiger partial charge in [-0.15, -0.1) is 0 Å². The van der Waals surface area contributed by atoms with E-state index in [0.29, 0.717) is 0 Å². The topological polar surface area (TPSA) is 97.7 Å². The first kappa shape index (κ1) is 26.5. The van der Waals surface area contributed by atoms with E-state index in [2.05, 4.69) is 6.92 Å². The van der Waals surface area contributed by atoms with Crippen LogP contribution in [0.5, 0.6) is 0 Å². The molecule has 0 aromatic heterocycles. The number of rotatable bonds is 13. The number of carbonyl (C=O) groups is 2. The van der Waals surface area contributed by atoms with Crippen LogP contribution >= 0.6 is 0 Å². The zero-order valence-corrected chi connectivity index (χ0v) is 18.7. The molecule has 0 aromatic rings. The van der Waals surface area contributed by atoms with Crippen molar-refractivity contribution in [3.63, 3.8) is 0 Å². The monoisotopic (exact) mass is 368 g/mol. The zero-order chi connectivity index (χ0) is 17.9. The van der Waals surface area contributed by atoms with Gasteiger partial charge in [0.05, 0.1) is 19.3 Å². The van der Waals surface area contributed by atoms with E-state index in [1.54, 1.807) is 13.1 Å². The molecule has 0 rings (SSSR count). The molecule has 0 bridgehead atoms. The fourth-order valence-corrected chi connectivity index (χ4v) is 2.59. The first-order chi connectivity index (χ1) is 10.8. The van der Waals surface area contributed by atoms with Crippen molar-refractivity contribution in [3.05, 3.63) is 12.3 Å². The first-order valence-electron chi connectivity index (χ1n) is 8.36. The quantitative estimate of drug-likeness (QED) is 0.176. The predicted octanol–water partition coefficient (Wildman–Crippen LogP) is -1.65. The summed E-state index contributed by atoms with van der Waals surface area (Å²) in [7, 11) is 0. The minimum atomic E-state index is -1.19. The number of carboxylic acids is 2. The zero-order valence-electron chi connectivity index (χ0n) is 15.5. The third kappa shape index (κ3) is 11.0. The van der Waals surface area contributed by atoms with E-state index in [-0.39, 0.29) is 75.7 Å². The van der Waals surface area contributed by atoms with Gasteiger partial charge in [0.15, 0.2) is 6.73 Å². The van der Waals surface area contributed by atoms with Crippen molar-refractivity contribution in [1.29, 1.82) is 0 Å². The second-order valence-corrected chi connectivity index (χ2v) is 6.42. The third-order valence-corrected chi connectivity index (χ3v) is 4.03. The minimum absolute atomic E-state index is 0. The number of aliphatic hydroxyl groups excluding tert-OH is 1. The average Bonchev–Trinajstić information content (AvgIpc) is 2.50. The van der Waals surface area contributed by atoms with Crippen LogP contribution in [0.15, 0.2) is 12.3 Å². The van der Waals surface area contributed by atoms with E-state index in [0.717, 1.165) is 25.7 Å². The number of allylic oxidation sites excluding steroid dienone is 1. The van der Waals surface area contributed by atoms with Crippen LogP contribution < -0.4 is 56.5 Å². The number of aliphatic hydroxyl groups is 1. The molecule has 0 aliphatic carbocycles. The largest absolute Gasteiger partial charge is 1.00 e. The SMILES string of the molecule is CCCCCC/C=C/[N+](CO)(CC(C)C(=O)[O-])CC(C)C(=O)O.[K+]. The number of quaternary nitrogens is 1. The van der Waals surface area contributed by atoms with E-state index in [4.69, 9.17) is 5.11 Å². The second kappa shape index (κ2) is 14.4. The Hall–Kier alpha value is 0.236. The number of carboxylic acid groups (broad SMARTS) is 2. The molecule has 3 unspecified atom stereocenters. The number of aliphatic carboxylic acids is 2. The van der Waals surface area contributed by atoms with Crippen LogP contribution in [0.3, 0.4) is 0 Å². The maximum atomic E-state index is 11.1. The van der Waals surface area contributed by atoms with Crippen molar-refractivity contribution in [2.45, 2.75) is 52.9 Å². The number of unbranched alkanes of at least 4 members (excludes halogenated alkanes) is 4. The molecule has 24 heavy (non-hydrogen) atoms. The molecule has 2 N–H and O–H groups in total. The van der Waals surface area contributed by atoms with E-state index in [9.17, 15) is 19.8 Å². The van der Waals surface area contributed by atoms with Crippen LogP contribution in [0.1, 0.15) is 52.9 Å². The molecule has 0 amide bonds. The van der Waals surface area contributed by atoms with Crippen molar-refractivity contribution < 1.29 is 80.8 Å². The van der Waals surface area contributed by atoms with Gasteiger partial charge in [0.25, 0.3) is 0 Å². The molecule has 0 fully saturated rings. The maximum Gasteiger partial charge on any atom is 1.00 e. The standard InChI is InChI=1S/C17H31NO5.K/c1-4-5-6-7-8-9-10-18(13-19,11-14(2)16(20)21)12-15(3)17(22)23;/h9-10,14-15,19H,4-8,11-13H2,1-3H3,(H-,20,21,22,23);/q;+1/b10-9+;. The summed E-state index contributed by atoms with van der Waals surface area (Å²) in [6.07, 6.45) is 8.99. The van der Waals surface area contributed by atoms with Gasteiger partial charge in [0, 0.05) is 11.9 Å². The van der Waals surface area contributed by atoms with Crippen LogP contribution in [-0.2, 0) is 9.59 Å². The Bertz CT molecular complexity index is 378. The summed E-state index contributed by atoms with van der Waals surface area (Å²) in [5, 5.41) is 29.9. The van der Waals surface area contributed by atoms with Gasteiger partial charge in [-0.2, -0.15) is 0 Å². The molecule has 0 saturated heterocycles. The molecule has 0 radical (unpaired) electrons. The number of nitrogens with zero attached hydrogens (tertiary/aromatic N) is 1. The number of hydrogen-bond donors (Lipinski definition) is 2. The summed E-state index contributed by atoms with van der Waals surface area (Å²) in [5.41, 5.74) is 0. The second-order valence-electron chi connectivity index (χ2n) is 6.42. The van der Waals surface area contributed by atoms with Gasteiger partial charge >= 0.3 is 57.4 Å². The number of carbonyl (C=O) groups excluding carboxylic acids is 1. The maximum absolute atomic E-state index is 11.1. The molecular weight excluding hydrogens is 337 g/mol. The van der Waals surface area contributed by atoms with Crippen LogP contribution in [0, 0.1) is 11.8 Å². The molecule has 0 saturated carbocycles. The molecule has 3 atom stereocenters. The molecule has 7 heteroatoms. The smallest absolute Gasteiger partial charge is 0.550 e. The van der Waals surface area contributed by atoms with Gasteiger partial charge in [-0.25, -0.2) is 0 Å². The van der Waals surface area contributed by atoms with Crippen molar-refractivity contribution in [2.75, 3.05) is 19.8 Å². The Morgan fingerprint density at radius 1 is 1.12 bits per heavy atom. The Labute approximate surface area is 187 Å². The Morgan fingerprint density at radius 3 is 2.17 bits per heavy atom. The van der Waals surface area contributed by atoms with Gasteiger partial charge in [-0.05, 0) is 25.8 Å². The third-order valence-electron chi connectivity index (χ3n) is 4.03. The summed E-state index contributed by atoms with van der Waals surface area (Å²) in [5.74, 6) is -3.60. The van der Waals surface area contributed by atoms with Gasteiger partial charge < -0.3 is 20.1 Å². The normalized spacial score (nSPS) is 16.2. The molecule has 0 spiro atoms. The van der Waals surface area contributed by atoms with Crippen LogP contribution in [0.25, 0.3) is 0 Å². The summed E-state index contributed by atoms with van der Waals surface area (Å²) in [6.45, 7) is 5.14. The van der Waals surface area contributed by atoms with Crippen LogP contribution in [0.4, 0.5) is 0 Å². The Balaban J connectivity index is 0. The van der Waals surface area contributed by atoms with Crippen LogP contribution in [0.2, 0.25) is 0 Å². The molecule has 0 heterocycles. The molecule has 134 valence electrons. The summed E-state index contributed by atoms with van der Waals surface area (Å²) >= 11 is 0. The number of hydrogen-bond acceptors (Lipinski definition) is 4. The fraction of sp³-hybridized carbons (Fsp3) is 0.765. The Morgan fingerprint density at radius 2 is 1.71 bits per heavy atom. The van der Waals surface area contributed by atoms with Gasteiger partial charge in [0.1, 0.15) is 5.92 Å². The molecular formula is C17H31KNO5+. The van der Waals surface area contributed by atoms with Gasteiger partial charge in [-0.1, -0.05) is 33.1 Å². The molecule has 0 aromatic carbocycles. The van der Waals surface area contributed by atoms with E-state index < -0.39 is 23.8 Å². The minimum Gasteiger partial charge on any atom is -0.550 e. The first-order valence-corrected chi connectivity index (χ1v) is 8.36. The van der Waals surface area contributed by atoms with Crippen molar-refractivity contribution >= 4 is 11.9 Å². The van der Waals surface area contributed by atoms with E-state index in [1.165, 1.54) is 13.3 Å².